The van der Waals surface area contributed by atoms with Crippen molar-refractivity contribution in [3.63, 3.8) is 0 Å². The second-order valence-corrected chi connectivity index (χ2v) is 9.48. The van der Waals surface area contributed by atoms with E-state index in [1.54, 1.807) is 36.4 Å². The Balaban J connectivity index is 1.49. The van der Waals surface area contributed by atoms with E-state index in [4.69, 9.17) is 10.5 Å². The van der Waals surface area contributed by atoms with Crippen molar-refractivity contribution in [3.05, 3.63) is 89.7 Å². The standard InChI is InChI=1S/C25H25N5O7S/c26-14-22(31)29-25(34)21-11-8-18(15-28-21)24(33)30-38(35,36)20-9-6-17(7-10-20)12-13-27-23(32)16-37-19-4-2-1-3-5-19/h1-11,15H,12-14,16,26H2,(H,27,32)(H,30,33)(H,29,31,34). The number of benzene rings is 2. The molecule has 38 heavy (non-hydrogen) atoms. The third kappa shape index (κ3) is 8.21. The van der Waals surface area contributed by atoms with Crippen LogP contribution >= 0.6 is 0 Å². The van der Waals surface area contributed by atoms with E-state index >= 15 is 0 Å². The Labute approximate surface area is 218 Å². The zero-order valence-electron chi connectivity index (χ0n) is 20.0. The zero-order valence-corrected chi connectivity index (χ0v) is 20.9. The van der Waals surface area contributed by atoms with E-state index in [0.29, 0.717) is 18.7 Å². The van der Waals surface area contributed by atoms with Crippen LogP contribution in [-0.4, -0.2) is 56.7 Å². The molecule has 0 bridgehead atoms. The number of aromatic nitrogens is 1. The Morgan fingerprint density at radius 2 is 1.58 bits per heavy atom. The van der Waals surface area contributed by atoms with E-state index in [0.717, 1.165) is 11.8 Å². The van der Waals surface area contributed by atoms with Crippen LogP contribution in [0.25, 0.3) is 0 Å². The molecular weight excluding hydrogens is 514 g/mol. The molecule has 0 spiro atoms. The number of nitrogens with one attached hydrogen (secondary N) is 3. The lowest BCUT2D eigenvalue weighted by atomic mass is 10.1. The maximum Gasteiger partial charge on any atom is 0.276 e. The smallest absolute Gasteiger partial charge is 0.276 e. The van der Waals surface area contributed by atoms with Crippen LogP contribution in [0.1, 0.15) is 26.4 Å². The largest absolute Gasteiger partial charge is 0.484 e. The number of sulfonamides is 1. The van der Waals surface area contributed by atoms with E-state index in [1.165, 1.54) is 24.3 Å². The molecule has 0 unspecified atom stereocenters. The van der Waals surface area contributed by atoms with E-state index < -0.39 is 27.7 Å². The van der Waals surface area contributed by atoms with Gasteiger partial charge in [0.25, 0.3) is 27.7 Å². The summed E-state index contributed by atoms with van der Waals surface area (Å²) in [5.41, 5.74) is 5.63. The minimum absolute atomic E-state index is 0.112. The van der Waals surface area contributed by atoms with Gasteiger partial charge in [-0.3, -0.25) is 29.5 Å². The fraction of sp³-hybridized carbons (Fsp3) is 0.160. The van der Waals surface area contributed by atoms with Crippen molar-refractivity contribution in [1.29, 1.82) is 0 Å². The maximum absolute atomic E-state index is 12.6. The van der Waals surface area contributed by atoms with Gasteiger partial charge in [0.15, 0.2) is 6.61 Å². The maximum atomic E-state index is 12.6. The molecule has 1 aromatic heterocycles. The van der Waals surface area contributed by atoms with E-state index in [1.807, 2.05) is 16.1 Å². The topological polar surface area (TPSA) is 187 Å². The summed E-state index contributed by atoms with van der Waals surface area (Å²) in [5.74, 6) is -2.16. The number of nitrogens with two attached hydrogens (primary N) is 1. The summed E-state index contributed by atoms with van der Waals surface area (Å²) in [6.45, 7) is -0.187. The number of nitrogens with zero attached hydrogens (tertiary/aromatic N) is 1. The molecule has 0 radical (unpaired) electrons. The van der Waals surface area contributed by atoms with Crippen LogP contribution in [-0.2, 0) is 26.0 Å². The summed E-state index contributed by atoms with van der Waals surface area (Å²) in [4.78, 5) is 51.0. The lowest BCUT2D eigenvalue weighted by molar-refractivity contribution is -0.123. The number of amides is 4. The fourth-order valence-corrected chi connectivity index (χ4v) is 4.02. The first-order chi connectivity index (χ1) is 18.2. The summed E-state index contributed by atoms with van der Waals surface area (Å²) >= 11 is 0. The van der Waals surface area contributed by atoms with E-state index in [9.17, 15) is 27.6 Å². The molecule has 3 aromatic rings. The summed E-state index contributed by atoms with van der Waals surface area (Å²) < 4.78 is 32.5. The monoisotopic (exact) mass is 539 g/mol. The fourth-order valence-electron chi connectivity index (χ4n) is 3.04. The lowest BCUT2D eigenvalue weighted by Gasteiger charge is -2.09. The predicted molar refractivity (Wildman–Crippen MR) is 136 cm³/mol. The number of para-hydroxylation sites is 1. The quantitative estimate of drug-likeness (QED) is 0.263. The van der Waals surface area contributed by atoms with Gasteiger partial charge in [-0.25, -0.2) is 13.1 Å². The third-order valence-corrected chi connectivity index (χ3v) is 6.35. The lowest BCUT2D eigenvalue weighted by Crippen LogP contribution is -2.36. The molecular formula is C25H25N5O7S. The highest BCUT2D eigenvalue weighted by atomic mass is 32.2. The highest BCUT2D eigenvalue weighted by molar-refractivity contribution is 7.90. The van der Waals surface area contributed by atoms with Crippen LogP contribution in [0.3, 0.4) is 0 Å². The molecule has 13 heteroatoms. The summed E-state index contributed by atoms with van der Waals surface area (Å²) in [5, 5.41) is 4.72. The molecule has 1 heterocycles. The molecule has 0 saturated carbocycles. The first-order valence-electron chi connectivity index (χ1n) is 11.3. The Bertz CT molecular complexity index is 1390. The molecule has 0 atom stereocenters. The average Bonchev–Trinajstić information content (AvgIpc) is 2.92. The molecule has 2 aromatic carbocycles. The highest BCUT2D eigenvalue weighted by Crippen LogP contribution is 2.12. The minimum atomic E-state index is -4.19. The van der Waals surface area contributed by atoms with Crippen molar-refractivity contribution in [2.24, 2.45) is 5.73 Å². The molecule has 3 rings (SSSR count). The molecule has 12 nitrogen and oxygen atoms in total. The Morgan fingerprint density at radius 1 is 0.868 bits per heavy atom. The molecule has 5 N–H and O–H groups in total. The Hall–Kier alpha value is -4.62. The number of carbonyl (C=O) groups is 4. The van der Waals surface area contributed by atoms with Crippen molar-refractivity contribution in [1.82, 2.24) is 20.3 Å². The Morgan fingerprint density at radius 3 is 2.21 bits per heavy atom. The van der Waals surface area contributed by atoms with Crippen LogP contribution in [0.15, 0.2) is 77.8 Å². The van der Waals surface area contributed by atoms with Gasteiger partial charge in [0.2, 0.25) is 5.91 Å². The van der Waals surface area contributed by atoms with Gasteiger partial charge in [0.1, 0.15) is 11.4 Å². The summed E-state index contributed by atoms with van der Waals surface area (Å²) in [6, 6.07) is 17.1. The number of pyridine rings is 1. The van der Waals surface area contributed by atoms with Crippen molar-refractivity contribution < 1.29 is 32.3 Å². The van der Waals surface area contributed by atoms with Crippen molar-refractivity contribution in [3.8, 4) is 5.75 Å². The summed E-state index contributed by atoms with van der Waals surface area (Å²) in [6.07, 6.45) is 1.46. The van der Waals surface area contributed by atoms with Crippen LogP contribution in [0.4, 0.5) is 0 Å². The van der Waals surface area contributed by atoms with Crippen molar-refractivity contribution >= 4 is 33.7 Å². The molecule has 0 aliphatic heterocycles. The van der Waals surface area contributed by atoms with Crippen LogP contribution in [0.2, 0.25) is 0 Å². The predicted octanol–water partition coefficient (Wildman–Crippen LogP) is 0.153. The number of hydrogen-bond acceptors (Lipinski definition) is 9. The Kier molecular flexibility index (Phi) is 9.62. The van der Waals surface area contributed by atoms with Gasteiger partial charge in [0.05, 0.1) is 17.0 Å². The number of rotatable bonds is 11. The molecule has 0 aliphatic rings. The van der Waals surface area contributed by atoms with Gasteiger partial charge in [-0.2, -0.15) is 0 Å². The second-order valence-electron chi connectivity index (χ2n) is 7.79. The van der Waals surface area contributed by atoms with Crippen LogP contribution in [0.5, 0.6) is 5.75 Å². The van der Waals surface area contributed by atoms with Crippen molar-refractivity contribution in [2.45, 2.75) is 11.3 Å². The first-order valence-corrected chi connectivity index (χ1v) is 12.8. The van der Waals surface area contributed by atoms with Gasteiger partial charge in [-0.1, -0.05) is 30.3 Å². The van der Waals surface area contributed by atoms with Gasteiger partial charge in [-0.15, -0.1) is 0 Å². The number of ether oxygens (including phenoxy) is 1. The molecule has 0 aliphatic carbocycles. The van der Waals surface area contributed by atoms with Crippen molar-refractivity contribution in [2.75, 3.05) is 19.7 Å². The second kappa shape index (κ2) is 13.1. The molecule has 198 valence electrons. The zero-order chi connectivity index (χ0) is 27.5. The van der Waals surface area contributed by atoms with Gasteiger partial charge < -0.3 is 15.8 Å². The molecule has 0 saturated heterocycles. The van der Waals surface area contributed by atoms with E-state index in [2.05, 4.69) is 10.3 Å². The molecule has 4 amide bonds. The van der Waals surface area contributed by atoms with Crippen LogP contribution < -0.4 is 25.8 Å². The SMILES string of the molecule is NCC(=O)NC(=O)c1ccc(C(=O)NS(=O)(=O)c2ccc(CCNC(=O)COc3ccccc3)cc2)cn1. The third-order valence-electron chi connectivity index (χ3n) is 5.01. The number of hydrogen-bond donors (Lipinski definition) is 4. The van der Waals surface area contributed by atoms with Gasteiger partial charge in [0, 0.05) is 12.7 Å². The van der Waals surface area contributed by atoms with Gasteiger partial charge >= 0.3 is 0 Å². The first kappa shape index (κ1) is 28.0. The highest BCUT2D eigenvalue weighted by Gasteiger charge is 2.20. The normalized spacial score (nSPS) is 10.8. The molecule has 0 fully saturated rings. The minimum Gasteiger partial charge on any atom is -0.484 e. The number of imide groups is 1. The van der Waals surface area contributed by atoms with Gasteiger partial charge in [-0.05, 0) is 48.4 Å². The van der Waals surface area contributed by atoms with Crippen LogP contribution in [0, 0.1) is 0 Å². The average molecular weight is 540 g/mol. The number of carbonyl (C=O) groups excluding carboxylic acids is 4. The summed E-state index contributed by atoms with van der Waals surface area (Å²) in [7, 11) is -4.19. The van der Waals surface area contributed by atoms with E-state index in [-0.39, 0.29) is 35.2 Å².